The topological polar surface area (TPSA) is 60.5 Å². The van der Waals surface area contributed by atoms with E-state index in [2.05, 4.69) is 15.4 Å². The highest BCUT2D eigenvalue weighted by Crippen LogP contribution is 2.30. The van der Waals surface area contributed by atoms with Crippen LogP contribution in [0.5, 0.6) is 0 Å². The largest absolute Gasteiger partial charge is 0.417 e. The minimum atomic E-state index is -4.39. The van der Waals surface area contributed by atoms with Crippen LogP contribution in [-0.4, -0.2) is 16.4 Å². The van der Waals surface area contributed by atoms with Gasteiger partial charge in [0, 0.05) is 5.56 Å². The Labute approximate surface area is 140 Å². The molecule has 0 aliphatic heterocycles. The molecule has 0 atom stereocenters. The minimum absolute atomic E-state index is 0.0447. The molecule has 0 aliphatic rings. The normalized spacial score (nSPS) is 11.8. The molecule has 3 aromatic rings. The van der Waals surface area contributed by atoms with Gasteiger partial charge in [-0.15, -0.1) is 10.2 Å². The highest BCUT2D eigenvalue weighted by Gasteiger charge is 2.30. The van der Waals surface area contributed by atoms with Crippen LogP contribution in [0.1, 0.15) is 17.0 Å². The van der Waals surface area contributed by atoms with E-state index < -0.39 is 11.7 Å². The van der Waals surface area contributed by atoms with Gasteiger partial charge in [0.25, 0.3) is 5.89 Å². The summed E-state index contributed by atoms with van der Waals surface area (Å²) in [7, 11) is 0. The minimum Gasteiger partial charge on any atom is -0.417 e. The molecule has 0 spiro atoms. The lowest BCUT2D eigenvalue weighted by atomic mass is 10.1. The first-order valence-electron chi connectivity index (χ1n) is 7.23. The number of hydrogen-bond donors (Lipinski definition) is 0. The first-order valence-corrected chi connectivity index (χ1v) is 7.23. The summed E-state index contributed by atoms with van der Waals surface area (Å²) >= 11 is 0. The summed E-state index contributed by atoms with van der Waals surface area (Å²) in [5, 5.41) is 11.3. The zero-order valence-electron chi connectivity index (χ0n) is 12.8. The maximum Gasteiger partial charge on any atom is 0.416 e. The van der Waals surface area contributed by atoms with E-state index in [-0.39, 0.29) is 18.4 Å². The van der Waals surface area contributed by atoms with E-state index in [1.165, 1.54) is 18.3 Å². The van der Waals surface area contributed by atoms with Crippen LogP contribution in [-0.2, 0) is 17.6 Å². The average Bonchev–Trinajstić information content (AvgIpc) is 3.08. The average molecular weight is 347 g/mol. The molecule has 0 N–H and O–H groups in total. The number of aromatic nitrogens is 2. The van der Waals surface area contributed by atoms with E-state index in [1.807, 2.05) is 30.3 Å². The van der Waals surface area contributed by atoms with Gasteiger partial charge in [0.1, 0.15) is 0 Å². The summed E-state index contributed by atoms with van der Waals surface area (Å²) in [5.41, 5.74) is 0.521. The van der Waals surface area contributed by atoms with Crippen molar-refractivity contribution < 1.29 is 22.4 Å². The van der Waals surface area contributed by atoms with Crippen LogP contribution >= 0.6 is 0 Å². The zero-order valence-corrected chi connectivity index (χ0v) is 12.8. The summed E-state index contributed by atoms with van der Waals surface area (Å²) in [6.07, 6.45) is -2.85. The zero-order chi connectivity index (χ0) is 17.7. The van der Waals surface area contributed by atoms with Gasteiger partial charge in [0.15, 0.2) is 6.61 Å². The molecule has 5 nitrogen and oxygen atoms in total. The van der Waals surface area contributed by atoms with Crippen molar-refractivity contribution in [3.8, 4) is 11.5 Å². The number of oxime groups is 1. The lowest BCUT2D eigenvalue weighted by Gasteiger charge is -2.05. The third kappa shape index (κ3) is 4.43. The number of benzene rings is 2. The van der Waals surface area contributed by atoms with Gasteiger partial charge in [-0.05, 0) is 29.8 Å². The van der Waals surface area contributed by atoms with E-state index in [4.69, 9.17) is 9.25 Å². The second-order valence-corrected chi connectivity index (χ2v) is 4.99. The van der Waals surface area contributed by atoms with Gasteiger partial charge in [-0.2, -0.15) is 13.2 Å². The predicted octanol–water partition coefficient (Wildman–Crippen LogP) is 4.31. The molecular formula is C17H12F3N3O2. The Bertz CT molecular complexity index is 844. The Morgan fingerprint density at radius 3 is 2.40 bits per heavy atom. The lowest BCUT2D eigenvalue weighted by Crippen LogP contribution is -2.03. The molecule has 0 saturated heterocycles. The molecule has 0 unspecified atom stereocenters. The highest BCUT2D eigenvalue weighted by atomic mass is 19.4. The highest BCUT2D eigenvalue weighted by molar-refractivity contribution is 5.78. The van der Waals surface area contributed by atoms with Crippen molar-refractivity contribution in [2.75, 3.05) is 0 Å². The molecular weight excluding hydrogens is 335 g/mol. The molecule has 0 fully saturated rings. The van der Waals surface area contributed by atoms with Crippen molar-refractivity contribution >= 4 is 6.21 Å². The van der Waals surface area contributed by atoms with E-state index in [0.717, 1.165) is 17.7 Å². The quantitative estimate of drug-likeness (QED) is 0.510. The molecule has 25 heavy (non-hydrogen) atoms. The third-order valence-corrected chi connectivity index (χ3v) is 3.19. The summed E-state index contributed by atoms with van der Waals surface area (Å²) in [5.74, 6) is 0.277. The predicted molar refractivity (Wildman–Crippen MR) is 83.6 cm³/mol. The van der Waals surface area contributed by atoms with E-state index >= 15 is 0 Å². The van der Waals surface area contributed by atoms with Crippen LogP contribution < -0.4 is 0 Å². The van der Waals surface area contributed by atoms with Crippen molar-refractivity contribution in [3.05, 3.63) is 71.6 Å². The van der Waals surface area contributed by atoms with Crippen molar-refractivity contribution in [1.29, 1.82) is 0 Å². The van der Waals surface area contributed by atoms with Gasteiger partial charge >= 0.3 is 6.18 Å². The van der Waals surface area contributed by atoms with E-state index in [1.54, 1.807) is 0 Å². The Morgan fingerprint density at radius 1 is 1.00 bits per heavy atom. The molecule has 1 heterocycles. The molecule has 0 aliphatic carbocycles. The van der Waals surface area contributed by atoms with E-state index in [0.29, 0.717) is 5.56 Å². The van der Waals surface area contributed by atoms with Gasteiger partial charge < -0.3 is 9.25 Å². The molecule has 3 rings (SSSR count). The fraction of sp³-hybridized carbons (Fsp3) is 0.118. The summed E-state index contributed by atoms with van der Waals surface area (Å²) in [6.45, 7) is -0.0447. The standard InChI is InChI=1S/C17H12F3N3O2/c18-17(19,20)14-8-6-13(7-9-14)16-23-22-15(25-16)11-24-21-10-12-4-2-1-3-5-12/h1-10H,11H2. The van der Waals surface area contributed by atoms with Crippen LogP contribution in [0.25, 0.3) is 11.5 Å². The van der Waals surface area contributed by atoms with Crippen molar-refractivity contribution in [2.24, 2.45) is 5.16 Å². The van der Waals surface area contributed by atoms with Crippen molar-refractivity contribution in [3.63, 3.8) is 0 Å². The van der Waals surface area contributed by atoms with Crippen LogP contribution in [0.3, 0.4) is 0 Å². The van der Waals surface area contributed by atoms with Gasteiger partial charge in [-0.25, -0.2) is 0 Å². The summed E-state index contributed by atoms with van der Waals surface area (Å²) in [6, 6.07) is 13.8. The van der Waals surface area contributed by atoms with E-state index in [9.17, 15) is 13.2 Å². The second-order valence-electron chi connectivity index (χ2n) is 4.99. The number of halogens is 3. The Balaban J connectivity index is 1.60. The Kier molecular flexibility index (Phi) is 4.78. The Morgan fingerprint density at radius 2 is 1.72 bits per heavy atom. The molecule has 0 bridgehead atoms. The summed E-state index contributed by atoms with van der Waals surface area (Å²) in [4.78, 5) is 5.06. The van der Waals surface area contributed by atoms with Crippen LogP contribution in [0.2, 0.25) is 0 Å². The maximum absolute atomic E-state index is 12.5. The van der Waals surface area contributed by atoms with Crippen LogP contribution in [0.15, 0.2) is 64.2 Å². The van der Waals surface area contributed by atoms with Gasteiger partial charge in [0.2, 0.25) is 5.89 Å². The number of nitrogens with zero attached hydrogens (tertiary/aromatic N) is 3. The fourth-order valence-corrected chi connectivity index (χ4v) is 1.96. The molecule has 8 heteroatoms. The molecule has 128 valence electrons. The Hall–Kier alpha value is -3.16. The second kappa shape index (κ2) is 7.16. The van der Waals surface area contributed by atoms with Crippen molar-refractivity contribution in [2.45, 2.75) is 12.8 Å². The molecule has 0 radical (unpaired) electrons. The van der Waals surface area contributed by atoms with Gasteiger partial charge in [-0.1, -0.05) is 35.5 Å². The van der Waals surface area contributed by atoms with Crippen LogP contribution in [0, 0.1) is 0 Å². The monoisotopic (exact) mass is 347 g/mol. The summed E-state index contributed by atoms with van der Waals surface area (Å²) < 4.78 is 43.0. The SMILES string of the molecule is FC(F)(F)c1ccc(-c2nnc(CON=Cc3ccccc3)o2)cc1. The fourth-order valence-electron chi connectivity index (χ4n) is 1.96. The molecule has 2 aromatic carbocycles. The first kappa shape index (κ1) is 16.7. The molecule has 0 amide bonds. The smallest absolute Gasteiger partial charge is 0.416 e. The van der Waals surface area contributed by atoms with Gasteiger partial charge in [0.05, 0.1) is 11.8 Å². The third-order valence-electron chi connectivity index (χ3n) is 3.19. The van der Waals surface area contributed by atoms with Crippen molar-refractivity contribution in [1.82, 2.24) is 10.2 Å². The lowest BCUT2D eigenvalue weighted by molar-refractivity contribution is -0.137. The number of rotatable bonds is 5. The van der Waals surface area contributed by atoms with Gasteiger partial charge in [-0.3, -0.25) is 0 Å². The molecule has 0 saturated carbocycles. The molecule has 1 aromatic heterocycles. The van der Waals surface area contributed by atoms with Crippen LogP contribution in [0.4, 0.5) is 13.2 Å². The number of alkyl halides is 3. The maximum atomic E-state index is 12.5. The first-order chi connectivity index (χ1) is 12.0. The number of hydrogen-bond acceptors (Lipinski definition) is 5.